The molecule has 0 aromatic heterocycles. The number of phosphoric acid groups is 1. The number of carbonyl (C=O) groups is 1. The number of phosphoric ester groups is 1. The van der Waals surface area contributed by atoms with Gasteiger partial charge >= 0.3 is 35.5 Å². The predicted octanol–water partition coefficient (Wildman–Crippen LogP) is 2.59. The Hall–Kier alpha value is 0.280. The van der Waals surface area contributed by atoms with Gasteiger partial charge in [-0.15, -0.1) is 0 Å². The van der Waals surface area contributed by atoms with Gasteiger partial charge in [0.05, 0.1) is 6.10 Å². The molecular formula is C24H44NaO7P. The molecule has 1 N–H and O–H groups in total. The van der Waals surface area contributed by atoms with Crippen LogP contribution in [0.1, 0.15) is 110 Å². The maximum Gasteiger partial charge on any atom is 1.00 e. The largest absolute Gasteiger partial charge is 1.00 e. The topological polar surface area (TPSA) is 105 Å². The Bertz CT molecular complexity index is 567. The Morgan fingerprint density at radius 1 is 1.03 bits per heavy atom. The molecule has 33 heavy (non-hydrogen) atoms. The molecule has 0 saturated carbocycles. The van der Waals surface area contributed by atoms with Crippen molar-refractivity contribution in [1.29, 1.82) is 0 Å². The summed E-state index contributed by atoms with van der Waals surface area (Å²) >= 11 is 0. The van der Waals surface area contributed by atoms with Gasteiger partial charge in [-0.05, 0) is 39.0 Å². The van der Waals surface area contributed by atoms with E-state index in [9.17, 15) is 14.3 Å². The minimum absolute atomic E-state index is 0. The third kappa shape index (κ3) is 18.2. The average Bonchev–Trinajstić information content (AvgIpc) is 2.72. The molecule has 0 bridgehead atoms. The zero-order valence-corrected chi connectivity index (χ0v) is 23.9. The van der Waals surface area contributed by atoms with Crippen molar-refractivity contribution >= 4 is 13.8 Å². The van der Waals surface area contributed by atoms with E-state index in [4.69, 9.17) is 14.4 Å². The van der Waals surface area contributed by atoms with Gasteiger partial charge in [0.25, 0.3) is 7.82 Å². The molecule has 1 saturated heterocycles. The number of rotatable bonds is 18. The molecule has 1 heterocycles. The fourth-order valence-corrected chi connectivity index (χ4v) is 4.51. The van der Waals surface area contributed by atoms with Crippen LogP contribution in [0.3, 0.4) is 0 Å². The normalized spacial score (nSPS) is 22.6. The summed E-state index contributed by atoms with van der Waals surface area (Å²) in [5.74, 6) is -0.391. The van der Waals surface area contributed by atoms with E-state index in [0.29, 0.717) is 0 Å². The van der Waals surface area contributed by atoms with Crippen molar-refractivity contribution < 1.29 is 62.7 Å². The summed E-state index contributed by atoms with van der Waals surface area (Å²) in [7, 11) is -4.90. The molecule has 0 spiro atoms. The predicted molar refractivity (Wildman–Crippen MR) is 124 cm³/mol. The van der Waals surface area contributed by atoms with Crippen molar-refractivity contribution in [1.82, 2.24) is 0 Å². The Kier molecular flexibility index (Phi) is 20.6. The monoisotopic (exact) mass is 498 g/mol. The van der Waals surface area contributed by atoms with Crippen LogP contribution in [0, 0.1) is 0 Å². The summed E-state index contributed by atoms with van der Waals surface area (Å²) in [6, 6.07) is 0. The van der Waals surface area contributed by atoms with E-state index in [1.807, 2.05) is 0 Å². The van der Waals surface area contributed by atoms with Crippen LogP contribution in [0.15, 0.2) is 12.2 Å². The zero-order valence-electron chi connectivity index (χ0n) is 21.0. The SMILES string of the molecule is CCCCCCCC/C=C/CCCCCCCC(=O)O[C@@H]1[C@@H](C)OCC[C@H]1OP(=O)([O-])O.[Na+]. The first-order valence-electron chi connectivity index (χ1n) is 12.5. The molecule has 0 aliphatic carbocycles. The van der Waals surface area contributed by atoms with Crippen LogP contribution in [0.4, 0.5) is 0 Å². The maximum absolute atomic E-state index is 12.1. The second-order valence-corrected chi connectivity index (χ2v) is 9.91. The van der Waals surface area contributed by atoms with Crippen LogP contribution in [0.5, 0.6) is 0 Å². The third-order valence-electron chi connectivity index (χ3n) is 5.79. The van der Waals surface area contributed by atoms with E-state index in [2.05, 4.69) is 23.6 Å². The molecule has 4 atom stereocenters. The summed E-state index contributed by atoms with van der Waals surface area (Å²) in [4.78, 5) is 32.1. The minimum Gasteiger partial charge on any atom is -0.756 e. The van der Waals surface area contributed by atoms with Crippen LogP contribution >= 0.6 is 7.82 Å². The third-order valence-corrected chi connectivity index (χ3v) is 6.33. The zero-order chi connectivity index (χ0) is 23.7. The fraction of sp³-hybridized carbons (Fsp3) is 0.875. The van der Waals surface area contributed by atoms with Crippen LogP contribution < -0.4 is 34.5 Å². The van der Waals surface area contributed by atoms with Gasteiger partial charge in [-0.1, -0.05) is 70.4 Å². The first-order valence-corrected chi connectivity index (χ1v) is 14.0. The summed E-state index contributed by atoms with van der Waals surface area (Å²) < 4.78 is 26.6. The van der Waals surface area contributed by atoms with Gasteiger partial charge in [-0.25, -0.2) is 0 Å². The van der Waals surface area contributed by atoms with Gasteiger partial charge in [0, 0.05) is 19.4 Å². The number of ether oxygens (including phenoxy) is 2. The van der Waals surface area contributed by atoms with E-state index < -0.39 is 32.1 Å². The van der Waals surface area contributed by atoms with Crippen molar-refractivity contribution in [3.8, 4) is 0 Å². The standard InChI is InChI=1S/C24H45O7P.Na/c1-3-4-5-6-7-8-9-10-11-12-13-14-15-16-17-18-23(25)30-24-21(2)29-20-19-22(24)31-32(26,27)28;/h10-11,21-22,24H,3-9,12-20H2,1-2H3,(H2,26,27,28);/q;+1/p-1/b11-10+;/t21-,22-,24-;/m1./s1. The number of hydrogen-bond donors (Lipinski definition) is 1. The quantitative estimate of drug-likeness (QED) is 0.102. The molecule has 1 aliphatic heterocycles. The van der Waals surface area contributed by atoms with Crippen molar-refractivity contribution in [2.45, 2.75) is 128 Å². The Balaban J connectivity index is 0.0000102. The molecule has 188 valence electrons. The number of esters is 1. The minimum atomic E-state index is -4.90. The summed E-state index contributed by atoms with van der Waals surface area (Å²) in [5.41, 5.74) is 0. The molecule has 0 aromatic carbocycles. The molecule has 1 unspecified atom stereocenters. The number of unbranched alkanes of at least 4 members (excludes halogenated alkanes) is 11. The smallest absolute Gasteiger partial charge is 0.756 e. The molecule has 0 aromatic rings. The van der Waals surface area contributed by atoms with E-state index in [1.165, 1.54) is 51.4 Å². The van der Waals surface area contributed by atoms with Crippen LogP contribution in [-0.2, 0) is 23.4 Å². The summed E-state index contributed by atoms with van der Waals surface area (Å²) in [5, 5.41) is 0. The molecule has 1 aliphatic rings. The molecule has 7 nitrogen and oxygen atoms in total. The fourth-order valence-electron chi connectivity index (χ4n) is 3.94. The van der Waals surface area contributed by atoms with Gasteiger partial charge in [0.15, 0.2) is 6.10 Å². The van der Waals surface area contributed by atoms with Gasteiger partial charge in [-0.3, -0.25) is 9.36 Å². The molecule has 0 amide bonds. The van der Waals surface area contributed by atoms with Gasteiger partial charge in [0.1, 0.15) is 6.10 Å². The molecule has 9 heteroatoms. The first kappa shape index (κ1) is 33.3. The Labute approximate surface area is 222 Å². The average molecular weight is 499 g/mol. The first-order chi connectivity index (χ1) is 15.3. The molecular weight excluding hydrogens is 454 g/mol. The number of hydrogen-bond acceptors (Lipinski definition) is 6. The van der Waals surface area contributed by atoms with Crippen LogP contribution in [-0.4, -0.2) is 35.8 Å². The van der Waals surface area contributed by atoms with Crippen molar-refractivity contribution in [3.05, 3.63) is 12.2 Å². The molecule has 1 rings (SSSR count). The second-order valence-electron chi connectivity index (χ2n) is 8.77. The van der Waals surface area contributed by atoms with Crippen molar-refractivity contribution in [2.75, 3.05) is 6.61 Å². The van der Waals surface area contributed by atoms with E-state index in [0.717, 1.165) is 32.1 Å². The van der Waals surface area contributed by atoms with Crippen LogP contribution in [0.2, 0.25) is 0 Å². The maximum atomic E-state index is 12.1. The van der Waals surface area contributed by atoms with Gasteiger partial charge < -0.3 is 23.8 Å². The van der Waals surface area contributed by atoms with Gasteiger partial charge in [0.2, 0.25) is 0 Å². The Morgan fingerprint density at radius 2 is 1.58 bits per heavy atom. The molecule has 0 radical (unpaired) electrons. The number of carbonyl (C=O) groups excluding carboxylic acids is 1. The Morgan fingerprint density at radius 3 is 2.15 bits per heavy atom. The summed E-state index contributed by atoms with van der Waals surface area (Å²) in [6.07, 6.45) is 18.3. The second kappa shape index (κ2) is 20.5. The van der Waals surface area contributed by atoms with Gasteiger partial charge in [-0.2, -0.15) is 0 Å². The number of allylic oxidation sites excluding steroid dienone is 2. The van der Waals surface area contributed by atoms with Crippen molar-refractivity contribution in [2.24, 2.45) is 0 Å². The molecule has 1 fully saturated rings. The van der Waals surface area contributed by atoms with E-state index >= 15 is 0 Å². The summed E-state index contributed by atoms with van der Waals surface area (Å²) in [6.45, 7) is 4.23. The van der Waals surface area contributed by atoms with E-state index in [-0.39, 0.29) is 49.0 Å². The van der Waals surface area contributed by atoms with Crippen molar-refractivity contribution in [3.63, 3.8) is 0 Å². The van der Waals surface area contributed by atoms with Crippen LogP contribution in [0.25, 0.3) is 0 Å². The van der Waals surface area contributed by atoms with E-state index in [1.54, 1.807) is 6.92 Å².